The molecule has 0 heterocycles. The zero-order valence-corrected chi connectivity index (χ0v) is 22.5. The van der Waals surface area contributed by atoms with Gasteiger partial charge in [-0.15, -0.1) is 0 Å². The summed E-state index contributed by atoms with van der Waals surface area (Å²) in [5, 5.41) is 9.80. The highest BCUT2D eigenvalue weighted by Crippen LogP contribution is 2.42. The van der Waals surface area contributed by atoms with E-state index in [0.29, 0.717) is 0 Å². The molecule has 0 N–H and O–H groups in total. The van der Waals surface area contributed by atoms with Crippen LogP contribution in [0.5, 0.6) is 11.5 Å². The maximum Gasteiger partial charge on any atom is 0.135 e. The number of ether oxygens (including phenoxy) is 2. The van der Waals surface area contributed by atoms with Crippen LogP contribution in [0.15, 0.2) is 109 Å². The summed E-state index contributed by atoms with van der Waals surface area (Å²) in [6.07, 6.45) is 4.40. The molecule has 0 unspecified atom stereocenters. The monoisotopic (exact) mass is 500 g/mol. The fourth-order valence-electron chi connectivity index (χ4n) is 4.88. The Morgan fingerprint density at radius 3 is 1.00 bits per heavy atom. The van der Waals surface area contributed by atoms with E-state index in [1.807, 2.05) is 0 Å². The molecule has 6 aromatic rings. The van der Waals surface area contributed by atoms with Gasteiger partial charge in [-0.25, -0.2) is 0 Å². The molecular formula is C36H36O2. The fourth-order valence-corrected chi connectivity index (χ4v) is 4.88. The molecule has 2 nitrogen and oxygen atoms in total. The number of hydrogen-bond acceptors (Lipinski definition) is 2. The highest BCUT2D eigenvalue weighted by Gasteiger charge is 2.15. The summed E-state index contributed by atoms with van der Waals surface area (Å²) >= 11 is 0. The summed E-state index contributed by atoms with van der Waals surface area (Å²) in [4.78, 5) is 0. The van der Waals surface area contributed by atoms with Crippen molar-refractivity contribution in [3.63, 3.8) is 0 Å². The van der Waals surface area contributed by atoms with Crippen LogP contribution in [0.2, 0.25) is 0 Å². The molecule has 0 bridgehead atoms. The Kier molecular flexibility index (Phi) is 8.40. The standard InChI is InChI=1S/C22H26O2.C14H10/c1-3-5-15-23-21-17-11-7-9-13-19(17)22(24-16-6-4-2)20-14-10-8-12-18(20)21;1-2-6-12-10-14-8-4-3-7-13(14)9-11(12)5-1/h7-14H,3-6,15-16H2,1-2H3;1-10H. The molecule has 0 aliphatic heterocycles. The lowest BCUT2D eigenvalue weighted by Crippen LogP contribution is -2.01. The van der Waals surface area contributed by atoms with E-state index in [-0.39, 0.29) is 0 Å². The van der Waals surface area contributed by atoms with Gasteiger partial charge in [-0.05, 0) is 46.5 Å². The molecule has 0 saturated carbocycles. The van der Waals surface area contributed by atoms with Crippen LogP contribution in [-0.4, -0.2) is 13.2 Å². The van der Waals surface area contributed by atoms with Gasteiger partial charge in [-0.1, -0.05) is 124 Å². The van der Waals surface area contributed by atoms with Gasteiger partial charge >= 0.3 is 0 Å². The second-order valence-corrected chi connectivity index (χ2v) is 9.70. The van der Waals surface area contributed by atoms with Crippen molar-refractivity contribution in [1.29, 1.82) is 0 Å². The topological polar surface area (TPSA) is 18.5 Å². The van der Waals surface area contributed by atoms with Crippen molar-refractivity contribution in [2.24, 2.45) is 0 Å². The second-order valence-electron chi connectivity index (χ2n) is 9.70. The predicted molar refractivity (Wildman–Crippen MR) is 164 cm³/mol. The zero-order valence-electron chi connectivity index (χ0n) is 22.5. The van der Waals surface area contributed by atoms with Crippen LogP contribution in [0.3, 0.4) is 0 Å². The summed E-state index contributed by atoms with van der Waals surface area (Å²) in [7, 11) is 0. The molecule has 6 aromatic carbocycles. The smallest absolute Gasteiger partial charge is 0.135 e. The molecule has 0 spiro atoms. The highest BCUT2D eigenvalue weighted by molar-refractivity contribution is 6.11. The van der Waals surface area contributed by atoms with Gasteiger partial charge in [0.1, 0.15) is 11.5 Å². The van der Waals surface area contributed by atoms with E-state index in [2.05, 4.69) is 123 Å². The van der Waals surface area contributed by atoms with Crippen molar-refractivity contribution in [3.05, 3.63) is 109 Å². The number of hydrogen-bond donors (Lipinski definition) is 0. The van der Waals surface area contributed by atoms with Crippen molar-refractivity contribution in [3.8, 4) is 11.5 Å². The Morgan fingerprint density at radius 2 is 0.711 bits per heavy atom. The van der Waals surface area contributed by atoms with E-state index in [9.17, 15) is 0 Å². The third-order valence-corrected chi connectivity index (χ3v) is 6.94. The van der Waals surface area contributed by atoms with Crippen LogP contribution in [0.1, 0.15) is 39.5 Å². The van der Waals surface area contributed by atoms with Gasteiger partial charge < -0.3 is 9.47 Å². The van der Waals surface area contributed by atoms with Gasteiger partial charge in [-0.2, -0.15) is 0 Å². The third kappa shape index (κ3) is 5.60. The first kappa shape index (κ1) is 25.6. The Balaban J connectivity index is 0.000000177. The van der Waals surface area contributed by atoms with E-state index >= 15 is 0 Å². The van der Waals surface area contributed by atoms with Gasteiger partial charge in [0.05, 0.1) is 13.2 Å². The van der Waals surface area contributed by atoms with Crippen molar-refractivity contribution < 1.29 is 9.47 Å². The van der Waals surface area contributed by atoms with E-state index in [1.165, 1.54) is 21.5 Å². The highest BCUT2D eigenvalue weighted by atomic mass is 16.5. The van der Waals surface area contributed by atoms with Gasteiger partial charge in [0.2, 0.25) is 0 Å². The minimum absolute atomic E-state index is 0.751. The van der Waals surface area contributed by atoms with Gasteiger partial charge in [-0.3, -0.25) is 0 Å². The maximum atomic E-state index is 6.20. The molecule has 0 aromatic heterocycles. The van der Waals surface area contributed by atoms with Crippen LogP contribution < -0.4 is 9.47 Å². The average Bonchev–Trinajstić information content (AvgIpc) is 2.97. The SMILES string of the molecule is CCCCOc1c2ccccc2c(OCCCC)c2ccccc12.c1ccc2cc3ccccc3cc2c1. The minimum atomic E-state index is 0.751. The molecule has 0 atom stereocenters. The first-order valence-corrected chi connectivity index (χ1v) is 13.9. The summed E-state index contributed by atoms with van der Waals surface area (Å²) in [6, 6.07) is 38.2. The van der Waals surface area contributed by atoms with E-state index < -0.39 is 0 Å². The van der Waals surface area contributed by atoms with Crippen LogP contribution in [-0.2, 0) is 0 Å². The normalized spacial score (nSPS) is 11.0. The lowest BCUT2D eigenvalue weighted by molar-refractivity contribution is 0.311. The summed E-state index contributed by atoms with van der Waals surface area (Å²) in [6.45, 7) is 5.87. The molecule has 38 heavy (non-hydrogen) atoms. The third-order valence-electron chi connectivity index (χ3n) is 6.94. The molecule has 0 fully saturated rings. The summed E-state index contributed by atoms with van der Waals surface area (Å²) in [5.74, 6) is 1.97. The van der Waals surface area contributed by atoms with Crippen molar-refractivity contribution in [2.75, 3.05) is 13.2 Å². The molecule has 6 rings (SSSR count). The van der Waals surface area contributed by atoms with Crippen molar-refractivity contribution in [1.82, 2.24) is 0 Å². The minimum Gasteiger partial charge on any atom is -0.492 e. The predicted octanol–water partition coefficient (Wildman–Crippen LogP) is 10.3. The molecular weight excluding hydrogens is 464 g/mol. The largest absolute Gasteiger partial charge is 0.492 e. The van der Waals surface area contributed by atoms with Gasteiger partial charge in [0.25, 0.3) is 0 Å². The fraction of sp³-hybridized carbons (Fsp3) is 0.222. The lowest BCUT2D eigenvalue weighted by atomic mass is 10.0. The maximum absolute atomic E-state index is 6.20. The average molecular weight is 501 g/mol. The molecule has 0 saturated heterocycles. The Hall–Kier alpha value is -4.04. The lowest BCUT2D eigenvalue weighted by Gasteiger charge is -2.17. The molecule has 0 amide bonds. The van der Waals surface area contributed by atoms with E-state index in [1.54, 1.807) is 0 Å². The second kappa shape index (κ2) is 12.5. The van der Waals surface area contributed by atoms with Gasteiger partial charge in [0.15, 0.2) is 0 Å². The van der Waals surface area contributed by atoms with E-state index in [0.717, 1.165) is 71.9 Å². The van der Waals surface area contributed by atoms with Gasteiger partial charge in [0, 0.05) is 21.5 Å². The Bertz CT molecular complexity index is 1420. The first-order valence-electron chi connectivity index (χ1n) is 13.9. The Morgan fingerprint density at radius 1 is 0.421 bits per heavy atom. The summed E-state index contributed by atoms with van der Waals surface area (Å²) in [5.41, 5.74) is 0. The zero-order chi connectivity index (χ0) is 26.2. The van der Waals surface area contributed by atoms with Crippen LogP contribution in [0, 0.1) is 0 Å². The van der Waals surface area contributed by atoms with Crippen LogP contribution >= 0.6 is 0 Å². The van der Waals surface area contributed by atoms with Crippen LogP contribution in [0.4, 0.5) is 0 Å². The van der Waals surface area contributed by atoms with Crippen molar-refractivity contribution in [2.45, 2.75) is 39.5 Å². The number of rotatable bonds is 8. The molecule has 0 aliphatic rings. The molecule has 192 valence electrons. The van der Waals surface area contributed by atoms with E-state index in [4.69, 9.17) is 9.47 Å². The van der Waals surface area contributed by atoms with Crippen LogP contribution in [0.25, 0.3) is 43.1 Å². The number of fused-ring (bicyclic) bond motifs is 4. The van der Waals surface area contributed by atoms with Crippen molar-refractivity contribution >= 4 is 43.1 Å². The molecule has 0 radical (unpaired) electrons. The number of unbranched alkanes of at least 4 members (excludes halogenated alkanes) is 2. The molecule has 0 aliphatic carbocycles. The molecule has 2 heteroatoms. The Labute approximate surface area is 225 Å². The summed E-state index contributed by atoms with van der Waals surface area (Å²) < 4.78 is 12.4. The number of benzene rings is 6. The first-order chi connectivity index (χ1) is 18.8. The quantitative estimate of drug-likeness (QED) is 0.153.